The van der Waals surface area contributed by atoms with Crippen LogP contribution in [0.3, 0.4) is 0 Å². The lowest BCUT2D eigenvalue weighted by Gasteiger charge is -2.24. The zero-order valence-corrected chi connectivity index (χ0v) is 10.9. The molecule has 0 aromatic heterocycles. The fourth-order valence-corrected chi connectivity index (χ4v) is 1.77. The summed E-state index contributed by atoms with van der Waals surface area (Å²) in [4.78, 5) is 34.2. The highest BCUT2D eigenvalue weighted by molar-refractivity contribution is 6.00. The number of piperidine rings is 1. The summed E-state index contributed by atoms with van der Waals surface area (Å²) in [6.07, 6.45) is 2.72. The third kappa shape index (κ3) is 4.44. The average molecular weight is 255 g/mol. The standard InChI is InChI=1S/C12H21N3O3/c1-3-4-7-13-11(17)8(2)14-9-5-6-10(16)15-12(9)18/h8-9,14H,3-7H2,1-2H3,(H,13,17)(H,15,16,18). The highest BCUT2D eigenvalue weighted by atomic mass is 16.2. The van der Waals surface area contributed by atoms with Gasteiger partial charge in [-0.05, 0) is 19.8 Å². The number of hydrogen-bond donors (Lipinski definition) is 3. The van der Waals surface area contributed by atoms with Crippen molar-refractivity contribution in [1.29, 1.82) is 0 Å². The lowest BCUT2D eigenvalue weighted by atomic mass is 10.1. The molecule has 2 atom stereocenters. The number of rotatable bonds is 6. The molecule has 0 aromatic rings. The summed E-state index contributed by atoms with van der Waals surface area (Å²) in [5.74, 6) is -0.717. The molecule has 0 radical (unpaired) electrons. The van der Waals surface area contributed by atoms with Crippen LogP contribution in [0.25, 0.3) is 0 Å². The minimum Gasteiger partial charge on any atom is -0.355 e. The first kappa shape index (κ1) is 14.6. The second-order valence-corrected chi connectivity index (χ2v) is 4.54. The normalized spacial score (nSPS) is 21.3. The number of nitrogens with one attached hydrogen (secondary N) is 3. The Kier molecular flexibility index (Phi) is 5.77. The van der Waals surface area contributed by atoms with Gasteiger partial charge in [0.2, 0.25) is 17.7 Å². The molecule has 102 valence electrons. The predicted molar refractivity (Wildman–Crippen MR) is 66.7 cm³/mol. The van der Waals surface area contributed by atoms with Gasteiger partial charge in [-0.25, -0.2) is 0 Å². The predicted octanol–water partition coefficient (Wildman–Crippen LogP) is -0.314. The molecule has 0 aromatic carbocycles. The monoisotopic (exact) mass is 255 g/mol. The molecule has 1 rings (SSSR count). The average Bonchev–Trinajstić information content (AvgIpc) is 2.32. The van der Waals surface area contributed by atoms with Crippen molar-refractivity contribution >= 4 is 17.7 Å². The number of carbonyl (C=O) groups excluding carboxylic acids is 3. The minimum atomic E-state index is -0.463. The molecule has 1 aliphatic heterocycles. The summed E-state index contributed by atoms with van der Waals surface area (Å²) < 4.78 is 0. The Bertz CT molecular complexity index is 331. The van der Waals surface area contributed by atoms with Crippen LogP contribution in [-0.4, -0.2) is 36.3 Å². The molecule has 0 aliphatic carbocycles. The largest absolute Gasteiger partial charge is 0.355 e. The summed E-state index contributed by atoms with van der Waals surface area (Å²) in [5.41, 5.74) is 0. The summed E-state index contributed by atoms with van der Waals surface area (Å²) >= 11 is 0. The van der Waals surface area contributed by atoms with E-state index < -0.39 is 12.1 Å². The van der Waals surface area contributed by atoms with Crippen LogP contribution in [0.5, 0.6) is 0 Å². The fourth-order valence-electron chi connectivity index (χ4n) is 1.77. The first-order chi connectivity index (χ1) is 8.54. The van der Waals surface area contributed by atoms with Crippen LogP contribution in [0.4, 0.5) is 0 Å². The van der Waals surface area contributed by atoms with Gasteiger partial charge in [0.25, 0.3) is 0 Å². The number of amides is 3. The van der Waals surface area contributed by atoms with Gasteiger partial charge in [0.15, 0.2) is 0 Å². The van der Waals surface area contributed by atoms with E-state index in [4.69, 9.17) is 0 Å². The Labute approximate surface area is 107 Å². The Morgan fingerprint density at radius 1 is 1.50 bits per heavy atom. The topological polar surface area (TPSA) is 87.3 Å². The van der Waals surface area contributed by atoms with Crippen molar-refractivity contribution in [3.63, 3.8) is 0 Å². The molecule has 0 bridgehead atoms. The molecule has 3 N–H and O–H groups in total. The first-order valence-corrected chi connectivity index (χ1v) is 6.42. The van der Waals surface area contributed by atoms with Crippen molar-refractivity contribution in [3.05, 3.63) is 0 Å². The summed E-state index contributed by atoms with van der Waals surface area (Å²) in [6, 6.07) is -0.902. The molecular weight excluding hydrogens is 234 g/mol. The fraction of sp³-hybridized carbons (Fsp3) is 0.750. The molecule has 2 unspecified atom stereocenters. The molecule has 1 aliphatic rings. The van der Waals surface area contributed by atoms with E-state index in [-0.39, 0.29) is 17.7 Å². The third-order valence-electron chi connectivity index (χ3n) is 2.91. The molecule has 6 heteroatoms. The van der Waals surface area contributed by atoms with Gasteiger partial charge < -0.3 is 5.32 Å². The third-order valence-corrected chi connectivity index (χ3v) is 2.91. The van der Waals surface area contributed by atoms with Gasteiger partial charge in [-0.2, -0.15) is 0 Å². The van der Waals surface area contributed by atoms with E-state index >= 15 is 0 Å². The van der Waals surface area contributed by atoms with Crippen LogP contribution < -0.4 is 16.0 Å². The first-order valence-electron chi connectivity index (χ1n) is 6.42. The van der Waals surface area contributed by atoms with Crippen molar-refractivity contribution in [1.82, 2.24) is 16.0 Å². The zero-order valence-electron chi connectivity index (χ0n) is 10.9. The van der Waals surface area contributed by atoms with Crippen LogP contribution in [0, 0.1) is 0 Å². The summed E-state index contributed by atoms with van der Waals surface area (Å²) in [7, 11) is 0. The molecule has 1 fully saturated rings. The van der Waals surface area contributed by atoms with Gasteiger partial charge in [0.05, 0.1) is 12.1 Å². The van der Waals surface area contributed by atoms with Gasteiger partial charge in [0.1, 0.15) is 0 Å². The Morgan fingerprint density at radius 2 is 2.22 bits per heavy atom. The van der Waals surface area contributed by atoms with Gasteiger partial charge >= 0.3 is 0 Å². The second kappa shape index (κ2) is 7.10. The maximum atomic E-state index is 11.7. The number of unbranched alkanes of at least 4 members (excludes halogenated alkanes) is 1. The quantitative estimate of drug-likeness (QED) is 0.448. The van der Waals surface area contributed by atoms with Crippen LogP contribution in [0.15, 0.2) is 0 Å². The van der Waals surface area contributed by atoms with Crippen molar-refractivity contribution in [2.75, 3.05) is 6.54 Å². The van der Waals surface area contributed by atoms with E-state index in [2.05, 4.69) is 22.9 Å². The van der Waals surface area contributed by atoms with E-state index in [1.807, 2.05) is 0 Å². The van der Waals surface area contributed by atoms with E-state index in [0.29, 0.717) is 19.4 Å². The smallest absolute Gasteiger partial charge is 0.243 e. The van der Waals surface area contributed by atoms with Crippen LogP contribution in [0.2, 0.25) is 0 Å². The lowest BCUT2D eigenvalue weighted by molar-refractivity contribution is -0.135. The molecule has 1 heterocycles. The van der Waals surface area contributed by atoms with E-state index in [9.17, 15) is 14.4 Å². The van der Waals surface area contributed by atoms with Crippen molar-refractivity contribution in [3.8, 4) is 0 Å². The van der Waals surface area contributed by atoms with Crippen LogP contribution in [0.1, 0.15) is 39.5 Å². The molecule has 3 amide bonds. The van der Waals surface area contributed by atoms with Crippen molar-refractivity contribution in [2.24, 2.45) is 0 Å². The Balaban J connectivity index is 2.34. The minimum absolute atomic E-state index is 0.117. The molecule has 1 saturated heterocycles. The van der Waals surface area contributed by atoms with E-state index in [1.54, 1.807) is 6.92 Å². The molecule has 6 nitrogen and oxygen atoms in total. The lowest BCUT2D eigenvalue weighted by Crippen LogP contribution is -2.55. The van der Waals surface area contributed by atoms with Crippen LogP contribution >= 0.6 is 0 Å². The highest BCUT2D eigenvalue weighted by Gasteiger charge is 2.28. The van der Waals surface area contributed by atoms with Crippen LogP contribution in [-0.2, 0) is 14.4 Å². The van der Waals surface area contributed by atoms with Crippen molar-refractivity contribution < 1.29 is 14.4 Å². The molecular formula is C12H21N3O3. The van der Waals surface area contributed by atoms with Gasteiger partial charge in [-0.1, -0.05) is 13.3 Å². The SMILES string of the molecule is CCCCNC(=O)C(C)NC1CCC(=O)NC1=O. The van der Waals surface area contributed by atoms with Crippen molar-refractivity contribution in [2.45, 2.75) is 51.6 Å². The molecule has 0 saturated carbocycles. The van der Waals surface area contributed by atoms with Gasteiger partial charge in [-0.15, -0.1) is 0 Å². The van der Waals surface area contributed by atoms with E-state index in [0.717, 1.165) is 12.8 Å². The molecule has 0 spiro atoms. The van der Waals surface area contributed by atoms with Gasteiger partial charge in [-0.3, -0.25) is 25.0 Å². The Hall–Kier alpha value is -1.43. The second-order valence-electron chi connectivity index (χ2n) is 4.54. The highest BCUT2D eigenvalue weighted by Crippen LogP contribution is 2.05. The number of carbonyl (C=O) groups is 3. The summed E-state index contributed by atoms with van der Waals surface area (Å²) in [5, 5.41) is 7.99. The zero-order chi connectivity index (χ0) is 13.5. The maximum absolute atomic E-state index is 11.7. The van der Waals surface area contributed by atoms with Gasteiger partial charge in [0, 0.05) is 13.0 Å². The molecule has 18 heavy (non-hydrogen) atoms. The Morgan fingerprint density at radius 3 is 2.83 bits per heavy atom. The maximum Gasteiger partial charge on any atom is 0.243 e. The van der Waals surface area contributed by atoms with E-state index in [1.165, 1.54) is 0 Å². The number of hydrogen-bond acceptors (Lipinski definition) is 4. The summed E-state index contributed by atoms with van der Waals surface area (Å²) in [6.45, 7) is 4.42. The number of imide groups is 1.